The zero-order valence-corrected chi connectivity index (χ0v) is 9.67. The first-order chi connectivity index (χ1) is 7.16. The fourth-order valence-electron chi connectivity index (χ4n) is 1.28. The van der Waals surface area contributed by atoms with Gasteiger partial charge in [0.15, 0.2) is 0 Å². The lowest BCUT2D eigenvalue weighted by atomic mass is 10.1. The maximum atomic E-state index is 6.01. The fraction of sp³-hybridized carbons (Fsp3) is 0.455. The van der Waals surface area contributed by atoms with Gasteiger partial charge >= 0.3 is 0 Å². The van der Waals surface area contributed by atoms with E-state index >= 15 is 0 Å². The molecule has 3 nitrogen and oxygen atoms in total. The van der Waals surface area contributed by atoms with E-state index in [2.05, 4.69) is 35.1 Å². The maximum absolute atomic E-state index is 6.01. The molecule has 0 bridgehead atoms. The molecule has 0 atom stereocenters. The Morgan fingerprint density at radius 3 is 2.87 bits per heavy atom. The molecule has 1 rings (SSSR count). The monoisotopic (exact) mass is 223 g/mol. The van der Waals surface area contributed by atoms with Gasteiger partial charge in [-0.1, -0.05) is 25.4 Å². The van der Waals surface area contributed by atoms with E-state index in [9.17, 15) is 0 Å². The van der Waals surface area contributed by atoms with Gasteiger partial charge in [0.25, 0.3) is 0 Å². The van der Waals surface area contributed by atoms with Gasteiger partial charge in [0.05, 0.1) is 0 Å². The number of terminal acetylenes is 1. The minimum atomic E-state index is 0.284. The molecule has 0 aromatic carbocycles. The lowest BCUT2D eigenvalue weighted by Gasteiger charge is -2.13. The summed E-state index contributed by atoms with van der Waals surface area (Å²) in [5, 5.41) is 3.66. The Labute approximate surface area is 95.3 Å². The van der Waals surface area contributed by atoms with Crippen molar-refractivity contribution in [1.29, 1.82) is 0 Å². The highest BCUT2D eigenvalue weighted by atomic mass is 35.5. The Bertz CT molecular complexity index is 369. The number of nitrogens with one attached hydrogen (secondary N) is 1. The van der Waals surface area contributed by atoms with Gasteiger partial charge in [0, 0.05) is 18.5 Å². The quantitative estimate of drug-likeness (QED) is 0.485. The van der Waals surface area contributed by atoms with Gasteiger partial charge in [0.2, 0.25) is 0 Å². The first kappa shape index (κ1) is 11.8. The highest BCUT2D eigenvalue weighted by Crippen LogP contribution is 2.27. The van der Waals surface area contributed by atoms with Crippen LogP contribution in [-0.4, -0.2) is 16.5 Å². The molecule has 0 aliphatic heterocycles. The molecule has 1 aromatic rings. The van der Waals surface area contributed by atoms with Gasteiger partial charge in [-0.25, -0.2) is 9.97 Å². The maximum Gasteiger partial charge on any atom is 0.138 e. The van der Waals surface area contributed by atoms with Crippen LogP contribution in [0.25, 0.3) is 0 Å². The molecule has 4 heteroatoms. The van der Waals surface area contributed by atoms with E-state index in [0.717, 1.165) is 11.4 Å². The molecule has 0 amide bonds. The molecule has 1 aromatic heterocycles. The van der Waals surface area contributed by atoms with E-state index in [1.807, 2.05) is 0 Å². The summed E-state index contributed by atoms with van der Waals surface area (Å²) >= 11 is 6.01. The molecule has 1 heterocycles. The zero-order chi connectivity index (χ0) is 11.3. The number of anilines is 1. The van der Waals surface area contributed by atoms with E-state index < -0.39 is 0 Å². The van der Waals surface area contributed by atoms with Crippen molar-refractivity contribution in [1.82, 2.24) is 9.97 Å². The molecule has 0 spiro atoms. The van der Waals surface area contributed by atoms with Crippen LogP contribution in [0.15, 0.2) is 6.33 Å². The first-order valence-electron chi connectivity index (χ1n) is 4.84. The molecule has 0 radical (unpaired) electrons. The number of rotatable bonds is 4. The van der Waals surface area contributed by atoms with Crippen molar-refractivity contribution < 1.29 is 0 Å². The van der Waals surface area contributed by atoms with Crippen LogP contribution in [0.4, 0.5) is 5.82 Å². The summed E-state index contributed by atoms with van der Waals surface area (Å²) < 4.78 is 0. The summed E-state index contributed by atoms with van der Waals surface area (Å²) in [4.78, 5) is 8.12. The van der Waals surface area contributed by atoms with Gasteiger partial charge < -0.3 is 5.32 Å². The largest absolute Gasteiger partial charge is 0.369 e. The van der Waals surface area contributed by atoms with Crippen molar-refractivity contribution in [2.24, 2.45) is 0 Å². The van der Waals surface area contributed by atoms with Crippen molar-refractivity contribution >= 4 is 17.4 Å². The van der Waals surface area contributed by atoms with Crippen LogP contribution in [0.1, 0.15) is 31.7 Å². The summed E-state index contributed by atoms with van der Waals surface area (Å²) in [6, 6.07) is 0. The average molecular weight is 224 g/mol. The number of aromatic nitrogens is 2. The standard InChI is InChI=1S/C11H14ClN3/c1-4-5-6-13-11-9(8(2)3)10(12)14-7-15-11/h1,7-8H,5-6H2,2-3H3,(H,13,14,15). The second-order valence-electron chi connectivity index (χ2n) is 3.46. The molecular formula is C11H14ClN3. The van der Waals surface area contributed by atoms with Gasteiger partial charge in [-0.3, -0.25) is 0 Å². The normalized spacial score (nSPS) is 10.1. The van der Waals surface area contributed by atoms with Crippen molar-refractivity contribution in [2.45, 2.75) is 26.2 Å². The Hall–Kier alpha value is -1.27. The topological polar surface area (TPSA) is 37.8 Å². The van der Waals surface area contributed by atoms with Crippen LogP contribution in [0, 0.1) is 12.3 Å². The number of nitrogens with zero attached hydrogens (tertiary/aromatic N) is 2. The molecule has 15 heavy (non-hydrogen) atoms. The van der Waals surface area contributed by atoms with E-state index in [0.29, 0.717) is 18.1 Å². The summed E-state index contributed by atoms with van der Waals surface area (Å²) in [6.45, 7) is 4.80. The predicted octanol–water partition coefficient (Wildman–Crippen LogP) is 2.69. The second-order valence-corrected chi connectivity index (χ2v) is 3.82. The fourth-order valence-corrected chi connectivity index (χ4v) is 1.63. The Kier molecular flexibility index (Phi) is 4.38. The molecule has 0 fully saturated rings. The van der Waals surface area contributed by atoms with Crippen LogP contribution in [-0.2, 0) is 0 Å². The highest BCUT2D eigenvalue weighted by molar-refractivity contribution is 6.30. The minimum absolute atomic E-state index is 0.284. The van der Waals surface area contributed by atoms with Gasteiger partial charge in [-0.15, -0.1) is 12.3 Å². The molecule has 0 saturated heterocycles. The van der Waals surface area contributed by atoms with E-state index in [1.54, 1.807) is 0 Å². The van der Waals surface area contributed by atoms with E-state index in [4.69, 9.17) is 18.0 Å². The number of halogens is 1. The van der Waals surface area contributed by atoms with Crippen molar-refractivity contribution in [2.75, 3.05) is 11.9 Å². The van der Waals surface area contributed by atoms with Crippen LogP contribution < -0.4 is 5.32 Å². The van der Waals surface area contributed by atoms with Gasteiger partial charge in [0.1, 0.15) is 17.3 Å². The molecule has 1 N–H and O–H groups in total. The summed E-state index contributed by atoms with van der Waals surface area (Å²) in [5.41, 5.74) is 0.941. The average Bonchev–Trinajstić information content (AvgIpc) is 2.17. The molecule has 0 saturated carbocycles. The third-order valence-electron chi connectivity index (χ3n) is 1.97. The molecule has 80 valence electrons. The van der Waals surface area contributed by atoms with Crippen LogP contribution in [0.3, 0.4) is 0 Å². The zero-order valence-electron chi connectivity index (χ0n) is 8.92. The van der Waals surface area contributed by atoms with E-state index in [-0.39, 0.29) is 5.92 Å². The van der Waals surface area contributed by atoms with E-state index in [1.165, 1.54) is 6.33 Å². The SMILES string of the molecule is C#CCCNc1ncnc(Cl)c1C(C)C. The molecule has 0 aliphatic carbocycles. The molecule has 0 unspecified atom stereocenters. The Morgan fingerprint density at radius 1 is 1.53 bits per heavy atom. The Balaban J connectivity index is 2.87. The van der Waals surface area contributed by atoms with Crippen molar-refractivity contribution in [3.63, 3.8) is 0 Å². The van der Waals surface area contributed by atoms with Crippen LogP contribution in [0.5, 0.6) is 0 Å². The van der Waals surface area contributed by atoms with Gasteiger partial charge in [-0.2, -0.15) is 0 Å². The van der Waals surface area contributed by atoms with Crippen molar-refractivity contribution in [3.8, 4) is 12.3 Å². The molecule has 0 aliphatic rings. The predicted molar refractivity (Wildman–Crippen MR) is 63.1 cm³/mol. The highest BCUT2D eigenvalue weighted by Gasteiger charge is 2.12. The molecular weight excluding hydrogens is 210 g/mol. The Morgan fingerprint density at radius 2 is 2.27 bits per heavy atom. The summed E-state index contributed by atoms with van der Waals surface area (Å²) in [5.74, 6) is 3.62. The smallest absolute Gasteiger partial charge is 0.138 e. The van der Waals surface area contributed by atoms with Crippen molar-refractivity contribution in [3.05, 3.63) is 17.0 Å². The third kappa shape index (κ3) is 3.10. The summed E-state index contributed by atoms with van der Waals surface area (Å²) in [6.07, 6.45) is 7.29. The first-order valence-corrected chi connectivity index (χ1v) is 5.22. The number of hydrogen-bond donors (Lipinski definition) is 1. The number of hydrogen-bond acceptors (Lipinski definition) is 3. The van der Waals surface area contributed by atoms with Crippen LogP contribution in [0.2, 0.25) is 5.15 Å². The third-order valence-corrected chi connectivity index (χ3v) is 2.28. The second kappa shape index (κ2) is 5.57. The minimum Gasteiger partial charge on any atom is -0.369 e. The summed E-state index contributed by atoms with van der Waals surface area (Å²) in [7, 11) is 0. The van der Waals surface area contributed by atoms with Crippen LogP contribution >= 0.6 is 11.6 Å². The van der Waals surface area contributed by atoms with Gasteiger partial charge in [-0.05, 0) is 5.92 Å². The lowest BCUT2D eigenvalue weighted by Crippen LogP contribution is -2.07. The lowest BCUT2D eigenvalue weighted by molar-refractivity contribution is 0.844.